The van der Waals surface area contributed by atoms with Gasteiger partial charge in [0.15, 0.2) is 0 Å². The Kier molecular flexibility index (Phi) is 13.0. The van der Waals surface area contributed by atoms with E-state index in [1.54, 1.807) is 0 Å². The Hall–Kier alpha value is -1.75. The molecule has 0 bridgehead atoms. The first-order valence-corrected chi connectivity index (χ1v) is 18.6. The van der Waals surface area contributed by atoms with E-state index in [0.717, 1.165) is 58.0 Å². The Labute approximate surface area is 278 Å². The van der Waals surface area contributed by atoms with Crippen molar-refractivity contribution < 1.29 is 14.4 Å². The van der Waals surface area contributed by atoms with Gasteiger partial charge < -0.3 is 38.1 Å². The molecule has 4 aliphatic carbocycles. The van der Waals surface area contributed by atoms with E-state index in [1.807, 2.05) is 0 Å². The Bertz CT molecular complexity index is 1040. The SMILES string of the molecule is CCN(C)CCC[C@@H](C)[C@H]1CC[C@H]2C3[C@H](NC(=O)CCN)CC4C[C@H](NC(=O)CCN)CC[C@]4(C)[C@H]3C[C@H](NC(=O)CCN)C12C. The molecule has 11 atom stereocenters. The first-order chi connectivity index (χ1) is 21.9. The van der Waals surface area contributed by atoms with Crippen LogP contribution in [0, 0.1) is 46.3 Å². The summed E-state index contributed by atoms with van der Waals surface area (Å²) >= 11 is 0. The summed E-state index contributed by atoms with van der Waals surface area (Å²) < 4.78 is 0. The van der Waals surface area contributed by atoms with Crippen molar-refractivity contribution in [1.29, 1.82) is 0 Å². The van der Waals surface area contributed by atoms with Crippen molar-refractivity contribution in [2.45, 2.75) is 123 Å². The Balaban J connectivity index is 1.68. The highest BCUT2D eigenvalue weighted by Gasteiger charge is 2.66. The van der Waals surface area contributed by atoms with Gasteiger partial charge in [0.25, 0.3) is 0 Å². The second kappa shape index (κ2) is 16.1. The molecule has 4 saturated carbocycles. The van der Waals surface area contributed by atoms with E-state index in [1.165, 1.54) is 12.8 Å². The largest absolute Gasteiger partial charge is 0.353 e. The molecule has 9 N–H and O–H groups in total. The van der Waals surface area contributed by atoms with Crippen LogP contribution >= 0.6 is 0 Å². The maximum Gasteiger partial charge on any atom is 0.221 e. The predicted octanol–water partition coefficient (Wildman–Crippen LogP) is 2.73. The normalized spacial score (nSPS) is 37.5. The number of fused-ring (bicyclic) bond motifs is 5. The van der Waals surface area contributed by atoms with Crippen LogP contribution in [-0.2, 0) is 14.4 Å². The molecule has 0 heterocycles. The smallest absolute Gasteiger partial charge is 0.221 e. The van der Waals surface area contributed by atoms with E-state index < -0.39 is 0 Å². The van der Waals surface area contributed by atoms with E-state index in [2.05, 4.69) is 55.6 Å². The summed E-state index contributed by atoms with van der Waals surface area (Å²) in [6.45, 7) is 12.8. The highest BCUT2D eigenvalue weighted by atomic mass is 16.2. The van der Waals surface area contributed by atoms with Crippen molar-refractivity contribution in [3.05, 3.63) is 0 Å². The first kappa shape index (κ1) is 37.1. The molecule has 4 fully saturated rings. The first-order valence-electron chi connectivity index (χ1n) is 18.6. The van der Waals surface area contributed by atoms with Crippen LogP contribution in [0.4, 0.5) is 0 Å². The van der Waals surface area contributed by atoms with E-state index in [-0.39, 0.29) is 46.7 Å². The molecule has 10 nitrogen and oxygen atoms in total. The van der Waals surface area contributed by atoms with Gasteiger partial charge in [0.05, 0.1) is 0 Å². The highest BCUT2D eigenvalue weighted by Crippen LogP contribution is 2.68. The molecule has 4 aliphatic rings. The summed E-state index contributed by atoms with van der Waals surface area (Å²) in [6, 6.07) is 0.272. The molecule has 10 heteroatoms. The van der Waals surface area contributed by atoms with Gasteiger partial charge >= 0.3 is 0 Å². The number of carbonyl (C=O) groups is 3. The third-order valence-electron chi connectivity index (χ3n) is 13.5. The van der Waals surface area contributed by atoms with Gasteiger partial charge in [-0.3, -0.25) is 14.4 Å². The third kappa shape index (κ3) is 7.76. The molecule has 0 aromatic rings. The summed E-state index contributed by atoms with van der Waals surface area (Å²) in [7, 11) is 2.19. The Morgan fingerprint density at radius 3 is 2.11 bits per heavy atom. The van der Waals surface area contributed by atoms with E-state index >= 15 is 0 Å². The van der Waals surface area contributed by atoms with Crippen molar-refractivity contribution in [3.8, 4) is 0 Å². The summed E-state index contributed by atoms with van der Waals surface area (Å²) in [5.41, 5.74) is 17.4. The molecular weight excluding hydrogens is 578 g/mol. The van der Waals surface area contributed by atoms with Crippen molar-refractivity contribution >= 4 is 17.7 Å². The van der Waals surface area contributed by atoms with Crippen LogP contribution in [0.3, 0.4) is 0 Å². The van der Waals surface area contributed by atoms with Gasteiger partial charge in [-0.2, -0.15) is 0 Å². The maximum atomic E-state index is 13.3. The fourth-order valence-electron chi connectivity index (χ4n) is 11.0. The molecule has 3 amide bonds. The molecule has 264 valence electrons. The number of rotatable bonds is 15. The second-order valence-corrected chi connectivity index (χ2v) is 16.0. The van der Waals surface area contributed by atoms with Crippen LogP contribution in [0.1, 0.15) is 105 Å². The summed E-state index contributed by atoms with van der Waals surface area (Å²) in [6.07, 6.45) is 10.4. The van der Waals surface area contributed by atoms with Gasteiger partial charge in [-0.1, -0.05) is 27.7 Å². The monoisotopic (exact) mass is 646 g/mol. The third-order valence-corrected chi connectivity index (χ3v) is 13.5. The quantitative estimate of drug-likeness (QED) is 0.159. The number of hydrogen-bond acceptors (Lipinski definition) is 7. The molecule has 0 aromatic carbocycles. The van der Waals surface area contributed by atoms with Gasteiger partial charge in [-0.15, -0.1) is 0 Å². The number of nitrogens with one attached hydrogen (secondary N) is 3. The predicted molar refractivity (Wildman–Crippen MR) is 184 cm³/mol. The van der Waals surface area contributed by atoms with Crippen molar-refractivity contribution in [3.63, 3.8) is 0 Å². The average Bonchev–Trinajstić information content (AvgIpc) is 3.36. The van der Waals surface area contributed by atoms with Crippen LogP contribution in [-0.4, -0.2) is 80.5 Å². The number of nitrogens with zero attached hydrogens (tertiary/aromatic N) is 1. The van der Waals surface area contributed by atoms with Gasteiger partial charge in [-0.05, 0) is 124 Å². The van der Waals surface area contributed by atoms with Crippen molar-refractivity contribution in [2.24, 2.45) is 63.5 Å². The number of carbonyl (C=O) groups excluding carboxylic acids is 3. The summed E-state index contributed by atoms with van der Waals surface area (Å²) in [5.74, 6) is 2.68. The Morgan fingerprint density at radius 2 is 1.48 bits per heavy atom. The van der Waals surface area contributed by atoms with Crippen LogP contribution in [0.2, 0.25) is 0 Å². The van der Waals surface area contributed by atoms with Gasteiger partial charge in [0.2, 0.25) is 17.7 Å². The zero-order chi connectivity index (χ0) is 33.6. The summed E-state index contributed by atoms with van der Waals surface area (Å²) in [5, 5.41) is 10.3. The van der Waals surface area contributed by atoms with Crippen LogP contribution in [0.25, 0.3) is 0 Å². The average molecular weight is 646 g/mol. The lowest BCUT2D eigenvalue weighted by atomic mass is 9.42. The molecule has 0 saturated heterocycles. The topological polar surface area (TPSA) is 169 Å². The van der Waals surface area contributed by atoms with Crippen LogP contribution in [0.5, 0.6) is 0 Å². The molecule has 4 rings (SSSR count). The lowest BCUT2D eigenvalue weighted by Crippen LogP contribution is -2.67. The number of nitrogens with two attached hydrogens (primary N) is 3. The van der Waals surface area contributed by atoms with E-state index in [9.17, 15) is 14.4 Å². The lowest BCUT2D eigenvalue weighted by Gasteiger charge is -2.65. The van der Waals surface area contributed by atoms with Crippen molar-refractivity contribution in [2.75, 3.05) is 39.8 Å². The minimum atomic E-state index is -0.0606. The van der Waals surface area contributed by atoms with Gasteiger partial charge in [0.1, 0.15) is 0 Å². The summed E-state index contributed by atoms with van der Waals surface area (Å²) in [4.78, 5) is 41.4. The zero-order valence-electron chi connectivity index (χ0n) is 29.6. The maximum absolute atomic E-state index is 13.3. The molecule has 0 radical (unpaired) electrons. The number of hydrogen-bond donors (Lipinski definition) is 6. The highest BCUT2D eigenvalue weighted by molar-refractivity contribution is 5.77. The lowest BCUT2D eigenvalue weighted by molar-refractivity contribution is -0.153. The Morgan fingerprint density at radius 1 is 0.848 bits per heavy atom. The van der Waals surface area contributed by atoms with Crippen LogP contribution < -0.4 is 33.2 Å². The van der Waals surface area contributed by atoms with E-state index in [4.69, 9.17) is 17.2 Å². The fraction of sp³-hybridized carbons (Fsp3) is 0.917. The molecular formula is C36H67N7O3. The number of amides is 3. The second-order valence-electron chi connectivity index (χ2n) is 16.0. The van der Waals surface area contributed by atoms with Gasteiger partial charge in [-0.25, -0.2) is 0 Å². The minimum absolute atomic E-state index is 0.0288. The standard InChI is InChI=1S/C36H67N7O3/c1-6-43(5)19-7-8-23(2)26-9-10-27-34-28(22-30(36(26,27)4)42-33(46)14-18-39)35(3)15-11-25(40-31(44)12-16-37)20-24(35)21-29(34)41-32(45)13-17-38/h23-30,34H,6-22,37-39H2,1-5H3,(H,40,44)(H,41,45)(H,42,46)/t23-,24?,25-,26-,27+,28+,29-,30+,34?,35+,36?/m1/s1. The van der Waals surface area contributed by atoms with Crippen molar-refractivity contribution in [1.82, 2.24) is 20.9 Å². The minimum Gasteiger partial charge on any atom is -0.353 e. The molecule has 0 aromatic heterocycles. The molecule has 3 unspecified atom stereocenters. The fourth-order valence-corrected chi connectivity index (χ4v) is 11.0. The molecule has 0 aliphatic heterocycles. The van der Waals surface area contributed by atoms with Crippen LogP contribution in [0.15, 0.2) is 0 Å². The zero-order valence-corrected chi connectivity index (χ0v) is 29.6. The van der Waals surface area contributed by atoms with E-state index in [0.29, 0.717) is 74.4 Å². The van der Waals surface area contributed by atoms with Gasteiger partial charge in [0, 0.05) is 57.0 Å². The molecule has 0 spiro atoms. The molecule has 46 heavy (non-hydrogen) atoms.